The van der Waals surface area contributed by atoms with Crippen LogP contribution in [0.4, 0.5) is 11.4 Å². The van der Waals surface area contributed by atoms with Gasteiger partial charge in [0.25, 0.3) is 5.91 Å². The highest BCUT2D eigenvalue weighted by Crippen LogP contribution is 2.38. The van der Waals surface area contributed by atoms with Gasteiger partial charge in [-0.25, -0.2) is 4.79 Å². The molecule has 1 aliphatic rings. The van der Waals surface area contributed by atoms with Gasteiger partial charge in [-0.3, -0.25) is 4.79 Å². The number of carbonyl (C=O) groups excluding carboxylic acids is 2. The predicted octanol–water partition coefficient (Wildman–Crippen LogP) is 6.00. The Hall–Kier alpha value is -4.64. The van der Waals surface area contributed by atoms with Gasteiger partial charge in [0.2, 0.25) is 0 Å². The van der Waals surface area contributed by atoms with Crippen molar-refractivity contribution in [2.75, 3.05) is 17.7 Å². The lowest BCUT2D eigenvalue weighted by molar-refractivity contribution is -0.110. The third-order valence-electron chi connectivity index (χ3n) is 5.97. The maximum absolute atomic E-state index is 13.1. The van der Waals surface area contributed by atoms with Crippen LogP contribution in [-0.4, -0.2) is 19.0 Å². The number of fused-ring (bicyclic) bond motifs is 1. The summed E-state index contributed by atoms with van der Waals surface area (Å²) in [6.45, 7) is 0. The lowest BCUT2D eigenvalue weighted by Crippen LogP contribution is -2.10. The molecule has 1 heterocycles. The van der Waals surface area contributed by atoms with Gasteiger partial charge in [0.1, 0.15) is 0 Å². The fraction of sp³-hybridized carbons (Fsp3) is 0.0667. The molecule has 0 fully saturated rings. The summed E-state index contributed by atoms with van der Waals surface area (Å²) in [6, 6.07) is 33.4. The molecule has 2 N–H and O–H groups in total. The molecule has 5 heteroatoms. The average molecular weight is 461 g/mol. The molecule has 1 aliphatic heterocycles. The number of benzene rings is 4. The number of hydrogen-bond acceptors (Lipinski definition) is 4. The highest BCUT2D eigenvalue weighted by molar-refractivity contribution is 6.37. The second-order valence-electron chi connectivity index (χ2n) is 8.31. The van der Waals surface area contributed by atoms with Crippen LogP contribution in [0.25, 0.3) is 11.3 Å². The predicted molar refractivity (Wildman–Crippen MR) is 139 cm³/mol. The summed E-state index contributed by atoms with van der Waals surface area (Å²) in [5, 5.41) is 6.37. The first-order valence-electron chi connectivity index (χ1n) is 11.4. The standard InChI is InChI=1S/C30H24N2O3/c1-35-30(34)23-14-17-25-26(19-23)32-29(33)27(25)28(22-10-6-3-7-11-22)31-24-15-12-21(13-16-24)18-20-8-4-2-5-9-20/h2-17,19,31H,18H2,1H3,(H,32,33). The van der Waals surface area contributed by atoms with Crippen LogP contribution in [0.5, 0.6) is 0 Å². The topological polar surface area (TPSA) is 67.4 Å². The van der Waals surface area contributed by atoms with Crippen LogP contribution >= 0.6 is 0 Å². The summed E-state index contributed by atoms with van der Waals surface area (Å²) in [6.07, 6.45) is 0.853. The van der Waals surface area contributed by atoms with Crippen molar-refractivity contribution in [2.24, 2.45) is 0 Å². The first kappa shape index (κ1) is 22.2. The molecular formula is C30H24N2O3. The van der Waals surface area contributed by atoms with Crippen molar-refractivity contribution in [3.63, 3.8) is 0 Å². The van der Waals surface area contributed by atoms with Crippen LogP contribution in [0.3, 0.4) is 0 Å². The third kappa shape index (κ3) is 4.70. The quantitative estimate of drug-likeness (QED) is 0.274. The fourth-order valence-electron chi connectivity index (χ4n) is 4.23. The molecule has 0 unspecified atom stereocenters. The Bertz CT molecular complexity index is 1410. The molecule has 35 heavy (non-hydrogen) atoms. The first-order chi connectivity index (χ1) is 17.1. The molecule has 0 spiro atoms. The van der Waals surface area contributed by atoms with E-state index in [1.165, 1.54) is 18.2 Å². The minimum atomic E-state index is -0.448. The van der Waals surface area contributed by atoms with Gasteiger partial charge in [-0.05, 0) is 47.4 Å². The van der Waals surface area contributed by atoms with E-state index in [0.717, 1.165) is 23.2 Å². The van der Waals surface area contributed by atoms with Crippen LogP contribution in [0.2, 0.25) is 0 Å². The van der Waals surface area contributed by atoms with Gasteiger partial charge >= 0.3 is 5.97 Å². The Balaban J connectivity index is 1.51. The Morgan fingerprint density at radius 2 is 1.46 bits per heavy atom. The molecule has 4 aromatic rings. The van der Waals surface area contributed by atoms with Crippen molar-refractivity contribution < 1.29 is 14.3 Å². The fourth-order valence-corrected chi connectivity index (χ4v) is 4.23. The van der Waals surface area contributed by atoms with E-state index in [1.807, 2.05) is 60.7 Å². The molecule has 0 aromatic heterocycles. The van der Waals surface area contributed by atoms with E-state index in [9.17, 15) is 9.59 Å². The minimum Gasteiger partial charge on any atom is -0.465 e. The van der Waals surface area contributed by atoms with Gasteiger partial charge in [-0.2, -0.15) is 0 Å². The number of rotatable bonds is 6. The van der Waals surface area contributed by atoms with E-state index >= 15 is 0 Å². The van der Waals surface area contributed by atoms with Crippen LogP contribution < -0.4 is 10.6 Å². The monoisotopic (exact) mass is 460 g/mol. The molecule has 0 saturated heterocycles. The number of amides is 1. The lowest BCUT2D eigenvalue weighted by Gasteiger charge is -2.15. The zero-order valence-electron chi connectivity index (χ0n) is 19.2. The molecular weight excluding hydrogens is 436 g/mol. The molecule has 0 aliphatic carbocycles. The molecule has 0 atom stereocenters. The summed E-state index contributed by atoms with van der Waals surface area (Å²) in [4.78, 5) is 25.1. The summed E-state index contributed by atoms with van der Waals surface area (Å²) in [7, 11) is 1.34. The normalized spacial score (nSPS) is 13.6. The van der Waals surface area contributed by atoms with Crippen LogP contribution in [-0.2, 0) is 16.0 Å². The number of carbonyl (C=O) groups is 2. The maximum Gasteiger partial charge on any atom is 0.337 e. The van der Waals surface area contributed by atoms with Crippen LogP contribution in [0, 0.1) is 0 Å². The van der Waals surface area contributed by atoms with Crippen molar-refractivity contribution in [1.29, 1.82) is 0 Å². The highest BCUT2D eigenvalue weighted by atomic mass is 16.5. The summed E-state index contributed by atoms with van der Waals surface area (Å²) < 4.78 is 4.82. The zero-order valence-corrected chi connectivity index (χ0v) is 19.2. The van der Waals surface area contributed by atoms with E-state index in [0.29, 0.717) is 22.5 Å². The maximum atomic E-state index is 13.1. The summed E-state index contributed by atoms with van der Waals surface area (Å²) in [5.41, 5.74) is 7.14. The molecule has 1 amide bonds. The Kier molecular flexibility index (Phi) is 6.14. The van der Waals surface area contributed by atoms with Crippen molar-refractivity contribution in [1.82, 2.24) is 0 Å². The van der Waals surface area contributed by atoms with Crippen molar-refractivity contribution >= 4 is 34.5 Å². The largest absolute Gasteiger partial charge is 0.465 e. The molecule has 5 rings (SSSR count). The molecule has 0 bridgehead atoms. The van der Waals surface area contributed by atoms with Gasteiger partial charge in [0.05, 0.1) is 29.6 Å². The number of nitrogens with one attached hydrogen (secondary N) is 2. The Labute approximate surface area is 204 Å². The van der Waals surface area contributed by atoms with Crippen LogP contribution in [0.1, 0.15) is 32.6 Å². The van der Waals surface area contributed by atoms with E-state index in [2.05, 4.69) is 34.9 Å². The highest BCUT2D eigenvalue weighted by Gasteiger charge is 2.29. The molecule has 172 valence electrons. The minimum absolute atomic E-state index is 0.228. The number of hydrogen-bond donors (Lipinski definition) is 2. The molecule has 0 saturated carbocycles. The van der Waals surface area contributed by atoms with Crippen molar-refractivity contribution in [3.05, 3.63) is 131 Å². The SMILES string of the molecule is COC(=O)c1ccc2c(c1)NC(=O)C2=C(Nc1ccc(Cc2ccccc2)cc1)c1ccccc1. The molecule has 5 nitrogen and oxygen atoms in total. The van der Waals surface area contributed by atoms with Crippen molar-refractivity contribution in [2.45, 2.75) is 6.42 Å². The van der Waals surface area contributed by atoms with Crippen molar-refractivity contribution in [3.8, 4) is 0 Å². The smallest absolute Gasteiger partial charge is 0.337 e. The van der Waals surface area contributed by atoms with Gasteiger partial charge < -0.3 is 15.4 Å². The number of esters is 1. The number of anilines is 2. The van der Waals surface area contributed by atoms with Crippen LogP contribution in [0.15, 0.2) is 103 Å². The van der Waals surface area contributed by atoms with E-state index < -0.39 is 5.97 Å². The molecule has 4 aromatic carbocycles. The lowest BCUT2D eigenvalue weighted by atomic mass is 9.98. The summed E-state index contributed by atoms with van der Waals surface area (Å²) in [5.74, 6) is -0.675. The Morgan fingerprint density at radius 3 is 2.14 bits per heavy atom. The average Bonchev–Trinajstić information content (AvgIpc) is 3.23. The van der Waals surface area contributed by atoms with Gasteiger partial charge in [-0.15, -0.1) is 0 Å². The third-order valence-corrected chi connectivity index (χ3v) is 5.97. The summed E-state index contributed by atoms with van der Waals surface area (Å²) >= 11 is 0. The number of methoxy groups -OCH3 is 1. The Morgan fingerprint density at radius 1 is 0.800 bits per heavy atom. The van der Waals surface area contributed by atoms with E-state index in [-0.39, 0.29) is 5.91 Å². The number of ether oxygens (including phenoxy) is 1. The van der Waals surface area contributed by atoms with Gasteiger partial charge in [-0.1, -0.05) is 78.9 Å². The second-order valence-corrected chi connectivity index (χ2v) is 8.31. The van der Waals surface area contributed by atoms with E-state index in [1.54, 1.807) is 18.2 Å². The molecule has 0 radical (unpaired) electrons. The second kappa shape index (κ2) is 9.69. The first-order valence-corrected chi connectivity index (χ1v) is 11.4. The van der Waals surface area contributed by atoms with E-state index in [4.69, 9.17) is 4.74 Å². The zero-order chi connectivity index (χ0) is 24.2. The van der Waals surface area contributed by atoms with Gasteiger partial charge in [0, 0.05) is 11.3 Å². The van der Waals surface area contributed by atoms with Gasteiger partial charge in [0.15, 0.2) is 0 Å².